The highest BCUT2D eigenvalue weighted by Gasteiger charge is 2.31. The van der Waals surface area contributed by atoms with Crippen molar-refractivity contribution in [1.82, 2.24) is 10.1 Å². The molecule has 0 unspecified atom stereocenters. The fourth-order valence-electron chi connectivity index (χ4n) is 1.65. The van der Waals surface area contributed by atoms with Gasteiger partial charge in [-0.25, -0.2) is 0 Å². The van der Waals surface area contributed by atoms with Gasteiger partial charge in [0, 0.05) is 12.1 Å². The molecule has 16 heavy (non-hydrogen) atoms. The molecular formula is C11H16N2O3. The number of hydrogen-bond donors (Lipinski definition) is 0. The quantitative estimate of drug-likeness (QED) is 0.680. The fraction of sp³-hybridized carbons (Fsp3) is 0.636. The van der Waals surface area contributed by atoms with Crippen molar-refractivity contribution in [1.29, 1.82) is 0 Å². The Bertz CT molecular complexity index is 333. The van der Waals surface area contributed by atoms with Crippen LogP contribution in [0.5, 0.6) is 0 Å². The van der Waals surface area contributed by atoms with Crippen LogP contribution in [0.3, 0.4) is 0 Å². The predicted molar refractivity (Wildman–Crippen MR) is 56.6 cm³/mol. The largest absolute Gasteiger partial charge is 0.465 e. The lowest BCUT2D eigenvalue weighted by atomic mass is 10.3. The van der Waals surface area contributed by atoms with Gasteiger partial charge in [0.25, 0.3) is 0 Å². The van der Waals surface area contributed by atoms with Gasteiger partial charge < -0.3 is 9.26 Å². The summed E-state index contributed by atoms with van der Waals surface area (Å²) in [6.45, 7) is 3.21. The lowest BCUT2D eigenvalue weighted by Gasteiger charge is -2.18. The van der Waals surface area contributed by atoms with Crippen LogP contribution in [0.15, 0.2) is 16.8 Å². The molecule has 1 aromatic heterocycles. The molecule has 0 radical (unpaired) electrons. The summed E-state index contributed by atoms with van der Waals surface area (Å²) in [5, 5.41) is 3.65. The second kappa shape index (κ2) is 5.12. The first-order valence-corrected chi connectivity index (χ1v) is 5.59. The zero-order chi connectivity index (χ0) is 11.4. The molecule has 0 amide bonds. The number of carbonyl (C=O) groups is 1. The SMILES string of the molecule is CCOC(=O)CN(Cc1ccno1)C1CC1. The molecule has 0 aromatic carbocycles. The smallest absolute Gasteiger partial charge is 0.320 e. The molecule has 1 saturated carbocycles. The zero-order valence-electron chi connectivity index (χ0n) is 9.39. The molecule has 5 heteroatoms. The Labute approximate surface area is 94.3 Å². The summed E-state index contributed by atoms with van der Waals surface area (Å²) in [6.07, 6.45) is 3.91. The molecule has 0 saturated heterocycles. The van der Waals surface area contributed by atoms with Gasteiger partial charge in [-0.1, -0.05) is 5.16 Å². The third-order valence-electron chi connectivity index (χ3n) is 2.55. The third-order valence-corrected chi connectivity index (χ3v) is 2.55. The fourth-order valence-corrected chi connectivity index (χ4v) is 1.65. The van der Waals surface area contributed by atoms with Crippen molar-refractivity contribution in [2.45, 2.75) is 32.4 Å². The molecule has 0 aliphatic heterocycles. The highest BCUT2D eigenvalue weighted by Crippen LogP contribution is 2.28. The van der Waals surface area contributed by atoms with Crippen molar-refractivity contribution in [2.24, 2.45) is 0 Å². The van der Waals surface area contributed by atoms with E-state index in [0.29, 0.717) is 25.7 Å². The van der Waals surface area contributed by atoms with Crippen molar-refractivity contribution >= 4 is 5.97 Å². The summed E-state index contributed by atoms with van der Waals surface area (Å²) in [6, 6.07) is 2.31. The van der Waals surface area contributed by atoms with Crippen molar-refractivity contribution < 1.29 is 14.1 Å². The maximum Gasteiger partial charge on any atom is 0.320 e. The van der Waals surface area contributed by atoms with E-state index in [9.17, 15) is 4.79 Å². The van der Waals surface area contributed by atoms with Crippen LogP contribution in [-0.4, -0.2) is 35.2 Å². The number of rotatable bonds is 6. The Morgan fingerprint density at radius 1 is 1.69 bits per heavy atom. The Morgan fingerprint density at radius 2 is 2.50 bits per heavy atom. The maximum atomic E-state index is 11.4. The van der Waals surface area contributed by atoms with E-state index >= 15 is 0 Å². The van der Waals surface area contributed by atoms with Crippen LogP contribution in [0.4, 0.5) is 0 Å². The molecule has 1 aliphatic carbocycles. The van der Waals surface area contributed by atoms with Gasteiger partial charge in [0.15, 0.2) is 5.76 Å². The van der Waals surface area contributed by atoms with E-state index in [2.05, 4.69) is 10.1 Å². The van der Waals surface area contributed by atoms with Gasteiger partial charge >= 0.3 is 5.97 Å². The van der Waals surface area contributed by atoms with E-state index in [1.54, 1.807) is 6.20 Å². The molecule has 1 aliphatic rings. The van der Waals surface area contributed by atoms with Crippen LogP contribution in [0.2, 0.25) is 0 Å². The van der Waals surface area contributed by atoms with Crippen molar-refractivity contribution in [3.8, 4) is 0 Å². The van der Waals surface area contributed by atoms with Crippen LogP contribution in [0.25, 0.3) is 0 Å². The lowest BCUT2D eigenvalue weighted by Crippen LogP contribution is -2.32. The van der Waals surface area contributed by atoms with E-state index in [0.717, 1.165) is 18.6 Å². The van der Waals surface area contributed by atoms with E-state index in [-0.39, 0.29) is 5.97 Å². The molecular weight excluding hydrogens is 208 g/mol. The Balaban J connectivity index is 1.87. The summed E-state index contributed by atoms with van der Waals surface area (Å²) in [7, 11) is 0. The Kier molecular flexibility index (Phi) is 3.56. The van der Waals surface area contributed by atoms with E-state index in [1.165, 1.54) is 0 Å². The van der Waals surface area contributed by atoms with Crippen LogP contribution in [0, 0.1) is 0 Å². The van der Waals surface area contributed by atoms with Crippen LogP contribution < -0.4 is 0 Å². The van der Waals surface area contributed by atoms with Gasteiger partial charge in [-0.3, -0.25) is 9.69 Å². The number of aromatic nitrogens is 1. The first-order valence-electron chi connectivity index (χ1n) is 5.59. The summed E-state index contributed by atoms with van der Waals surface area (Å²) in [4.78, 5) is 13.5. The topological polar surface area (TPSA) is 55.6 Å². The van der Waals surface area contributed by atoms with Gasteiger partial charge in [-0.05, 0) is 19.8 Å². The molecule has 1 aromatic rings. The van der Waals surface area contributed by atoms with E-state index in [1.807, 2.05) is 13.0 Å². The summed E-state index contributed by atoms with van der Waals surface area (Å²) in [5.41, 5.74) is 0. The maximum absolute atomic E-state index is 11.4. The van der Waals surface area contributed by atoms with Crippen molar-refractivity contribution in [3.63, 3.8) is 0 Å². The van der Waals surface area contributed by atoms with Gasteiger partial charge in [0.2, 0.25) is 0 Å². The Morgan fingerprint density at radius 3 is 3.06 bits per heavy atom. The van der Waals surface area contributed by atoms with Crippen LogP contribution in [-0.2, 0) is 16.1 Å². The molecule has 5 nitrogen and oxygen atoms in total. The van der Waals surface area contributed by atoms with Gasteiger partial charge in [0.1, 0.15) is 0 Å². The average molecular weight is 224 g/mol. The van der Waals surface area contributed by atoms with Crippen molar-refractivity contribution in [3.05, 3.63) is 18.0 Å². The minimum absolute atomic E-state index is 0.172. The zero-order valence-corrected chi connectivity index (χ0v) is 9.39. The molecule has 88 valence electrons. The number of ether oxygens (including phenoxy) is 1. The molecule has 2 rings (SSSR count). The minimum Gasteiger partial charge on any atom is -0.465 e. The highest BCUT2D eigenvalue weighted by atomic mass is 16.5. The monoisotopic (exact) mass is 224 g/mol. The normalized spacial score (nSPS) is 15.4. The summed E-state index contributed by atoms with van der Waals surface area (Å²) >= 11 is 0. The second-order valence-corrected chi connectivity index (χ2v) is 3.92. The first kappa shape index (κ1) is 11.1. The first-order chi connectivity index (χ1) is 7.79. The summed E-state index contributed by atoms with van der Waals surface area (Å²) in [5.74, 6) is 0.616. The molecule has 0 spiro atoms. The number of carbonyl (C=O) groups excluding carboxylic acids is 1. The Hall–Kier alpha value is -1.36. The summed E-state index contributed by atoms with van der Waals surface area (Å²) < 4.78 is 9.98. The van der Waals surface area contributed by atoms with Gasteiger partial charge in [0.05, 0.1) is 25.9 Å². The second-order valence-electron chi connectivity index (χ2n) is 3.92. The standard InChI is InChI=1S/C11H16N2O3/c1-2-15-11(14)8-13(9-3-4-9)7-10-5-6-12-16-10/h5-6,9H,2-4,7-8H2,1H3. The lowest BCUT2D eigenvalue weighted by molar-refractivity contribution is -0.144. The predicted octanol–water partition coefficient (Wildman–Crippen LogP) is 1.20. The molecule has 1 fully saturated rings. The van der Waals surface area contributed by atoms with Crippen LogP contribution in [0.1, 0.15) is 25.5 Å². The molecule has 0 N–H and O–H groups in total. The van der Waals surface area contributed by atoms with Crippen LogP contribution >= 0.6 is 0 Å². The number of nitrogens with zero attached hydrogens (tertiary/aromatic N) is 2. The highest BCUT2D eigenvalue weighted by molar-refractivity contribution is 5.71. The minimum atomic E-state index is -0.172. The average Bonchev–Trinajstić information content (AvgIpc) is 2.98. The van der Waals surface area contributed by atoms with Gasteiger partial charge in [-0.2, -0.15) is 0 Å². The molecule has 0 atom stereocenters. The molecule has 1 heterocycles. The van der Waals surface area contributed by atoms with E-state index in [4.69, 9.17) is 9.26 Å². The van der Waals surface area contributed by atoms with Crippen molar-refractivity contribution in [2.75, 3.05) is 13.2 Å². The van der Waals surface area contributed by atoms with Gasteiger partial charge in [-0.15, -0.1) is 0 Å². The third kappa shape index (κ3) is 3.06. The molecule has 0 bridgehead atoms. The van der Waals surface area contributed by atoms with E-state index < -0.39 is 0 Å². The number of hydrogen-bond acceptors (Lipinski definition) is 5. The number of esters is 1.